The Balaban J connectivity index is 2.04. The average molecular weight is 265 g/mol. The van der Waals surface area contributed by atoms with Crippen LogP contribution in [0.15, 0.2) is 18.2 Å². The van der Waals surface area contributed by atoms with Crippen LogP contribution in [0.1, 0.15) is 23.7 Å². The Morgan fingerprint density at radius 2 is 2.21 bits per heavy atom. The summed E-state index contributed by atoms with van der Waals surface area (Å²) in [5, 5.41) is 2.97. The van der Waals surface area contributed by atoms with Crippen LogP contribution in [-0.4, -0.2) is 37.0 Å². The van der Waals surface area contributed by atoms with E-state index in [1.54, 1.807) is 0 Å². The zero-order valence-electron chi connectivity index (χ0n) is 11.3. The van der Waals surface area contributed by atoms with Crippen LogP contribution < -0.4 is 11.1 Å². The minimum absolute atomic E-state index is 0.133. The van der Waals surface area contributed by atoms with Gasteiger partial charge in [0, 0.05) is 23.8 Å². The highest BCUT2D eigenvalue weighted by Gasteiger charge is 2.25. The lowest BCUT2D eigenvalue weighted by Crippen LogP contribution is -2.48. The zero-order chi connectivity index (χ0) is 14.0. The second kappa shape index (κ2) is 5.57. The number of halogens is 1. The number of likely N-dealkylation sites (tertiary alicyclic amines) is 1. The number of amides is 1. The number of benzene rings is 1. The van der Waals surface area contributed by atoms with E-state index in [0.29, 0.717) is 5.92 Å². The molecule has 3 N–H and O–H groups in total. The fourth-order valence-corrected chi connectivity index (χ4v) is 2.56. The highest BCUT2D eigenvalue weighted by Crippen LogP contribution is 2.17. The number of carbonyl (C=O) groups excluding carboxylic acids is 1. The molecule has 1 aliphatic rings. The van der Waals surface area contributed by atoms with Crippen molar-refractivity contribution in [2.75, 3.05) is 25.9 Å². The zero-order valence-corrected chi connectivity index (χ0v) is 11.3. The van der Waals surface area contributed by atoms with Crippen molar-refractivity contribution in [3.05, 3.63) is 29.6 Å². The number of nitrogens with zero attached hydrogens (tertiary/aromatic N) is 1. The number of hydrogen-bond donors (Lipinski definition) is 2. The molecule has 1 heterocycles. The minimum Gasteiger partial charge on any atom is -0.399 e. The number of carbonyl (C=O) groups is 1. The summed E-state index contributed by atoms with van der Waals surface area (Å²) >= 11 is 0. The van der Waals surface area contributed by atoms with Crippen LogP contribution in [0.3, 0.4) is 0 Å². The number of hydrogen-bond acceptors (Lipinski definition) is 3. The van der Waals surface area contributed by atoms with E-state index in [1.807, 2.05) is 0 Å². The summed E-state index contributed by atoms with van der Waals surface area (Å²) in [5.41, 5.74) is 6.10. The van der Waals surface area contributed by atoms with E-state index < -0.39 is 5.82 Å². The van der Waals surface area contributed by atoms with E-state index in [2.05, 4.69) is 24.2 Å². The fraction of sp³-hybridized carbons (Fsp3) is 0.500. The Morgan fingerprint density at radius 1 is 1.47 bits per heavy atom. The van der Waals surface area contributed by atoms with Crippen molar-refractivity contribution >= 4 is 11.6 Å². The van der Waals surface area contributed by atoms with Gasteiger partial charge in [-0.3, -0.25) is 4.79 Å². The van der Waals surface area contributed by atoms with Crippen molar-refractivity contribution < 1.29 is 9.18 Å². The number of nitrogens with one attached hydrogen (secondary N) is 1. The first-order chi connectivity index (χ1) is 8.95. The predicted molar refractivity (Wildman–Crippen MR) is 73.3 cm³/mol. The lowest BCUT2D eigenvalue weighted by Gasteiger charge is -2.35. The van der Waals surface area contributed by atoms with Crippen molar-refractivity contribution in [1.82, 2.24) is 10.2 Å². The van der Waals surface area contributed by atoms with E-state index >= 15 is 0 Å². The Bertz CT molecular complexity index is 458. The van der Waals surface area contributed by atoms with Crippen LogP contribution in [0.2, 0.25) is 0 Å². The molecule has 0 radical (unpaired) electrons. The molecule has 2 rings (SSSR count). The topological polar surface area (TPSA) is 58.4 Å². The smallest absolute Gasteiger partial charge is 0.251 e. The van der Waals surface area contributed by atoms with Crippen LogP contribution in [0, 0.1) is 11.7 Å². The molecule has 0 aromatic heterocycles. The van der Waals surface area contributed by atoms with Gasteiger partial charge in [-0.2, -0.15) is 0 Å². The molecule has 19 heavy (non-hydrogen) atoms. The molecule has 1 aromatic carbocycles. The lowest BCUT2D eigenvalue weighted by atomic mass is 9.94. The maximum absolute atomic E-state index is 13.2. The summed E-state index contributed by atoms with van der Waals surface area (Å²) in [7, 11) is 2.07. The molecule has 5 heteroatoms. The SMILES string of the molecule is CC1CN(C)CCC1NC(=O)c1cc(N)cc(F)c1. The molecule has 1 aromatic rings. The summed E-state index contributed by atoms with van der Waals surface area (Å²) < 4.78 is 13.2. The highest BCUT2D eigenvalue weighted by molar-refractivity contribution is 5.95. The highest BCUT2D eigenvalue weighted by atomic mass is 19.1. The monoisotopic (exact) mass is 265 g/mol. The lowest BCUT2D eigenvalue weighted by molar-refractivity contribution is 0.0883. The quantitative estimate of drug-likeness (QED) is 0.796. The van der Waals surface area contributed by atoms with Crippen molar-refractivity contribution in [3.8, 4) is 0 Å². The summed E-state index contributed by atoms with van der Waals surface area (Å²) in [6.07, 6.45) is 0.911. The van der Waals surface area contributed by atoms with E-state index in [-0.39, 0.29) is 23.2 Å². The second-order valence-corrected chi connectivity index (χ2v) is 5.38. The fourth-order valence-electron chi connectivity index (χ4n) is 2.56. The Hall–Kier alpha value is -1.62. The van der Waals surface area contributed by atoms with Gasteiger partial charge in [-0.15, -0.1) is 0 Å². The Labute approximate surface area is 112 Å². The summed E-state index contributed by atoms with van der Waals surface area (Å²) in [5.74, 6) is -0.359. The first-order valence-electron chi connectivity index (χ1n) is 6.51. The summed E-state index contributed by atoms with van der Waals surface area (Å²) in [6.45, 7) is 4.03. The van der Waals surface area contributed by atoms with Crippen LogP contribution in [0.25, 0.3) is 0 Å². The van der Waals surface area contributed by atoms with E-state index in [0.717, 1.165) is 19.5 Å². The molecule has 1 fully saturated rings. The molecule has 0 aliphatic carbocycles. The van der Waals surface area contributed by atoms with Gasteiger partial charge in [-0.25, -0.2) is 4.39 Å². The maximum atomic E-state index is 13.2. The Kier molecular flexibility index (Phi) is 4.04. The van der Waals surface area contributed by atoms with Crippen molar-refractivity contribution in [2.24, 2.45) is 5.92 Å². The van der Waals surface area contributed by atoms with Gasteiger partial charge in [-0.1, -0.05) is 6.92 Å². The Morgan fingerprint density at radius 3 is 2.84 bits per heavy atom. The maximum Gasteiger partial charge on any atom is 0.251 e. The van der Waals surface area contributed by atoms with Crippen LogP contribution in [0.4, 0.5) is 10.1 Å². The predicted octanol–water partition coefficient (Wildman–Crippen LogP) is 1.48. The molecular weight excluding hydrogens is 245 g/mol. The van der Waals surface area contributed by atoms with E-state index in [9.17, 15) is 9.18 Å². The number of nitrogens with two attached hydrogens (primary N) is 1. The van der Waals surface area contributed by atoms with E-state index in [4.69, 9.17) is 5.73 Å². The van der Waals surface area contributed by atoms with Gasteiger partial charge in [-0.05, 0) is 44.1 Å². The third-order valence-electron chi connectivity index (χ3n) is 3.61. The van der Waals surface area contributed by atoms with Crippen molar-refractivity contribution in [1.29, 1.82) is 0 Å². The average Bonchev–Trinajstić information content (AvgIpc) is 2.31. The first kappa shape index (κ1) is 13.8. The minimum atomic E-state index is -0.485. The molecule has 1 saturated heterocycles. The molecule has 0 saturated carbocycles. The van der Waals surface area contributed by atoms with Gasteiger partial charge in [0.25, 0.3) is 5.91 Å². The number of piperidine rings is 1. The second-order valence-electron chi connectivity index (χ2n) is 5.38. The molecule has 2 atom stereocenters. The molecule has 1 aliphatic heterocycles. The molecule has 1 amide bonds. The number of anilines is 1. The van der Waals surface area contributed by atoms with Gasteiger partial charge >= 0.3 is 0 Å². The summed E-state index contributed by atoms with van der Waals surface area (Å²) in [4.78, 5) is 14.3. The summed E-state index contributed by atoms with van der Waals surface area (Å²) in [6, 6.07) is 4.05. The third-order valence-corrected chi connectivity index (χ3v) is 3.61. The molecule has 0 spiro atoms. The molecule has 104 valence electrons. The van der Waals surface area contributed by atoms with Gasteiger partial charge in [0.1, 0.15) is 5.82 Å². The van der Waals surface area contributed by atoms with Crippen molar-refractivity contribution in [2.45, 2.75) is 19.4 Å². The molecule has 2 unspecified atom stereocenters. The standard InChI is InChI=1S/C14H20FN3O/c1-9-8-18(2)4-3-13(9)17-14(19)10-5-11(15)7-12(16)6-10/h5-7,9,13H,3-4,8,16H2,1-2H3,(H,17,19). The number of nitrogen functional groups attached to an aromatic ring is 1. The molecule has 4 nitrogen and oxygen atoms in total. The van der Waals surface area contributed by atoms with Gasteiger partial charge in [0.2, 0.25) is 0 Å². The molecule has 0 bridgehead atoms. The van der Waals surface area contributed by atoms with Gasteiger partial charge in [0.05, 0.1) is 0 Å². The van der Waals surface area contributed by atoms with Crippen molar-refractivity contribution in [3.63, 3.8) is 0 Å². The van der Waals surface area contributed by atoms with E-state index in [1.165, 1.54) is 18.2 Å². The first-order valence-corrected chi connectivity index (χ1v) is 6.51. The van der Waals surface area contributed by atoms with Gasteiger partial charge in [0.15, 0.2) is 0 Å². The van der Waals surface area contributed by atoms with Crippen LogP contribution >= 0.6 is 0 Å². The van der Waals surface area contributed by atoms with Gasteiger partial charge < -0.3 is 16.0 Å². The van der Waals surface area contributed by atoms with Crippen LogP contribution in [-0.2, 0) is 0 Å². The largest absolute Gasteiger partial charge is 0.399 e. The van der Waals surface area contributed by atoms with Crippen LogP contribution in [0.5, 0.6) is 0 Å². The third kappa shape index (κ3) is 3.44. The number of rotatable bonds is 2. The normalized spacial score (nSPS) is 24.2. The molecular formula is C14H20FN3O.